The lowest BCUT2D eigenvalue weighted by Gasteiger charge is -2.16. The third-order valence-corrected chi connectivity index (χ3v) is 4.98. The number of para-hydroxylation sites is 2. The Morgan fingerprint density at radius 1 is 1.06 bits per heavy atom. The molecule has 0 saturated carbocycles. The Bertz CT molecular complexity index is 1500. The van der Waals surface area contributed by atoms with E-state index in [0.29, 0.717) is 22.3 Å². The van der Waals surface area contributed by atoms with Gasteiger partial charge in [0.25, 0.3) is 11.2 Å². The summed E-state index contributed by atoms with van der Waals surface area (Å²) in [5, 5.41) is 19.7. The van der Waals surface area contributed by atoms with Crippen molar-refractivity contribution < 1.29 is 4.92 Å². The first kappa shape index (κ1) is 21.3. The van der Waals surface area contributed by atoms with Crippen molar-refractivity contribution in [3.05, 3.63) is 115 Å². The number of anilines is 1. The van der Waals surface area contributed by atoms with Gasteiger partial charge in [0.05, 0.1) is 33.1 Å². The second kappa shape index (κ2) is 9.04. The van der Waals surface area contributed by atoms with Crippen LogP contribution >= 0.6 is 0 Å². The molecule has 10 nitrogen and oxygen atoms in total. The highest BCUT2D eigenvalue weighted by atomic mass is 16.6. The Labute approximate surface area is 187 Å². The number of benzene rings is 3. The zero-order valence-electron chi connectivity index (χ0n) is 17.4. The Morgan fingerprint density at radius 2 is 1.79 bits per heavy atom. The summed E-state index contributed by atoms with van der Waals surface area (Å²) < 4.78 is 1.54. The van der Waals surface area contributed by atoms with E-state index in [9.17, 15) is 20.4 Å². The predicted octanol–water partition coefficient (Wildman–Crippen LogP) is 5.68. The summed E-state index contributed by atoms with van der Waals surface area (Å²) in [6.45, 7) is 1.60. The fourth-order valence-electron chi connectivity index (χ4n) is 3.53. The highest BCUT2D eigenvalue weighted by molar-refractivity contribution is 6.09. The number of nitro benzene ring substituents is 1. The third-order valence-electron chi connectivity index (χ3n) is 4.98. The highest BCUT2D eigenvalue weighted by Gasteiger charge is 2.19. The number of fused-ring (bicyclic) bond motifs is 1. The van der Waals surface area contributed by atoms with Gasteiger partial charge in [-0.25, -0.2) is 0 Å². The summed E-state index contributed by atoms with van der Waals surface area (Å²) in [5.74, 6) is 0. The molecular formula is C23H17N7O3. The molecule has 0 unspecified atom stereocenters. The maximum Gasteiger partial charge on any atom is 0.271 e. The minimum Gasteiger partial charge on any atom is -0.278 e. The van der Waals surface area contributed by atoms with Gasteiger partial charge in [-0.1, -0.05) is 47.6 Å². The van der Waals surface area contributed by atoms with Crippen LogP contribution in [0.5, 0.6) is 0 Å². The topological polar surface area (TPSA) is 138 Å². The second-order valence-corrected chi connectivity index (χ2v) is 7.02. The molecular weight excluding hydrogens is 422 g/mol. The molecule has 0 bridgehead atoms. The quantitative estimate of drug-likeness (QED) is 0.103. The Hall–Kier alpha value is -4.95. The molecule has 4 aromatic rings. The Morgan fingerprint density at radius 3 is 2.52 bits per heavy atom. The molecule has 0 saturated heterocycles. The maximum absolute atomic E-state index is 13.7. The van der Waals surface area contributed by atoms with Crippen molar-refractivity contribution in [3.63, 3.8) is 0 Å². The van der Waals surface area contributed by atoms with E-state index < -0.39 is 10.5 Å². The standard InChI is InChI=1S/C23H17N7O3/c1-15(25-26-16-8-7-11-18(14-16)30(32)33)21-22(27-28-24)19-12-5-6-13-20(19)29(23(21)31)17-9-3-2-4-10-17/h2-14,26H,1H3/b25-15+. The van der Waals surface area contributed by atoms with Crippen molar-refractivity contribution in [2.75, 3.05) is 5.43 Å². The smallest absolute Gasteiger partial charge is 0.271 e. The van der Waals surface area contributed by atoms with E-state index in [1.807, 2.05) is 18.2 Å². The molecule has 10 heteroatoms. The van der Waals surface area contributed by atoms with Gasteiger partial charge in [0.2, 0.25) is 0 Å². The minimum absolute atomic E-state index is 0.0974. The molecule has 4 rings (SSSR count). The monoisotopic (exact) mass is 439 g/mol. The number of hydrogen-bond donors (Lipinski definition) is 1. The highest BCUT2D eigenvalue weighted by Crippen LogP contribution is 2.30. The fourth-order valence-corrected chi connectivity index (χ4v) is 3.53. The van der Waals surface area contributed by atoms with E-state index in [2.05, 4.69) is 20.6 Å². The predicted molar refractivity (Wildman–Crippen MR) is 127 cm³/mol. The first-order valence-electron chi connectivity index (χ1n) is 9.84. The summed E-state index contributed by atoms with van der Waals surface area (Å²) in [5.41, 5.74) is 13.5. The molecule has 0 aliphatic rings. The van der Waals surface area contributed by atoms with E-state index in [1.54, 1.807) is 49.4 Å². The van der Waals surface area contributed by atoms with E-state index in [-0.39, 0.29) is 22.6 Å². The van der Waals surface area contributed by atoms with Gasteiger partial charge in [-0.15, -0.1) is 0 Å². The van der Waals surface area contributed by atoms with Crippen LogP contribution in [-0.4, -0.2) is 15.2 Å². The minimum atomic E-state index is -0.511. The number of aromatic nitrogens is 1. The van der Waals surface area contributed by atoms with Gasteiger partial charge in [0, 0.05) is 28.1 Å². The number of hydrogen-bond acceptors (Lipinski definition) is 6. The summed E-state index contributed by atoms with van der Waals surface area (Å²) >= 11 is 0. The van der Waals surface area contributed by atoms with Gasteiger partial charge in [-0.2, -0.15) is 5.10 Å². The van der Waals surface area contributed by atoms with Crippen LogP contribution in [0, 0.1) is 10.1 Å². The second-order valence-electron chi connectivity index (χ2n) is 7.02. The molecule has 0 aliphatic carbocycles. The van der Waals surface area contributed by atoms with E-state index >= 15 is 0 Å². The van der Waals surface area contributed by atoms with E-state index in [1.165, 1.54) is 22.8 Å². The number of nitrogens with one attached hydrogen (secondary N) is 1. The molecule has 1 aromatic heterocycles. The summed E-state index contributed by atoms with van der Waals surface area (Å²) in [6, 6.07) is 22.1. The first-order chi connectivity index (χ1) is 16.0. The van der Waals surface area contributed by atoms with Crippen LogP contribution < -0.4 is 11.0 Å². The molecule has 0 atom stereocenters. The number of rotatable bonds is 6. The summed E-state index contributed by atoms with van der Waals surface area (Å²) in [6.07, 6.45) is 0. The fraction of sp³-hybridized carbons (Fsp3) is 0.0435. The van der Waals surface area contributed by atoms with Crippen molar-refractivity contribution in [2.24, 2.45) is 10.2 Å². The van der Waals surface area contributed by atoms with Crippen molar-refractivity contribution >= 4 is 33.7 Å². The van der Waals surface area contributed by atoms with Crippen molar-refractivity contribution in [1.29, 1.82) is 0 Å². The zero-order chi connectivity index (χ0) is 23.4. The van der Waals surface area contributed by atoms with Gasteiger partial charge in [0.15, 0.2) is 0 Å². The van der Waals surface area contributed by atoms with Crippen molar-refractivity contribution in [1.82, 2.24) is 4.57 Å². The van der Waals surface area contributed by atoms with Gasteiger partial charge in [-0.3, -0.25) is 24.9 Å². The van der Waals surface area contributed by atoms with Crippen LogP contribution in [-0.2, 0) is 0 Å². The molecule has 162 valence electrons. The number of nitrogens with zero attached hydrogens (tertiary/aromatic N) is 6. The lowest BCUT2D eigenvalue weighted by molar-refractivity contribution is -0.384. The van der Waals surface area contributed by atoms with Crippen LogP contribution in [0.15, 0.2) is 93.9 Å². The summed E-state index contributed by atoms with van der Waals surface area (Å²) in [7, 11) is 0. The van der Waals surface area contributed by atoms with Gasteiger partial charge in [0.1, 0.15) is 0 Å². The number of non-ortho nitro benzene ring substituents is 1. The molecule has 0 aliphatic heterocycles. The maximum atomic E-state index is 13.7. The largest absolute Gasteiger partial charge is 0.278 e. The lowest BCUT2D eigenvalue weighted by Crippen LogP contribution is -2.25. The average molecular weight is 439 g/mol. The first-order valence-corrected chi connectivity index (χ1v) is 9.84. The molecule has 1 N–H and O–H groups in total. The summed E-state index contributed by atoms with van der Waals surface area (Å²) in [4.78, 5) is 27.1. The Balaban J connectivity index is 1.94. The number of pyridine rings is 1. The normalized spacial score (nSPS) is 11.1. The van der Waals surface area contributed by atoms with Crippen molar-refractivity contribution in [2.45, 2.75) is 6.92 Å². The molecule has 33 heavy (non-hydrogen) atoms. The van der Waals surface area contributed by atoms with Gasteiger partial charge in [-0.05, 0) is 36.7 Å². The molecule has 1 heterocycles. The van der Waals surface area contributed by atoms with Crippen LogP contribution in [0.2, 0.25) is 0 Å². The SMILES string of the molecule is C/C(=N\Nc1cccc([N+](=O)[O-])c1)c1c(N=[N+]=[N-])c2ccccc2n(-c2ccccc2)c1=O. The average Bonchev–Trinajstić information content (AvgIpc) is 2.83. The van der Waals surface area contributed by atoms with Gasteiger partial charge < -0.3 is 0 Å². The molecule has 0 amide bonds. The lowest BCUT2D eigenvalue weighted by atomic mass is 10.1. The zero-order valence-corrected chi connectivity index (χ0v) is 17.4. The van der Waals surface area contributed by atoms with E-state index in [4.69, 9.17) is 0 Å². The van der Waals surface area contributed by atoms with Crippen LogP contribution in [0.4, 0.5) is 17.1 Å². The molecule has 0 spiro atoms. The molecule has 0 radical (unpaired) electrons. The van der Waals surface area contributed by atoms with Crippen LogP contribution in [0.25, 0.3) is 27.0 Å². The molecule has 3 aromatic carbocycles. The number of hydrazone groups is 1. The third kappa shape index (κ3) is 4.14. The van der Waals surface area contributed by atoms with Crippen molar-refractivity contribution in [3.8, 4) is 5.69 Å². The van der Waals surface area contributed by atoms with Gasteiger partial charge >= 0.3 is 0 Å². The van der Waals surface area contributed by atoms with Crippen LogP contribution in [0.1, 0.15) is 12.5 Å². The molecule has 0 fully saturated rings. The van der Waals surface area contributed by atoms with E-state index in [0.717, 1.165) is 0 Å². The Kier molecular flexibility index (Phi) is 5.83. The number of nitro groups is 1. The van der Waals surface area contributed by atoms with Crippen LogP contribution in [0.3, 0.4) is 0 Å². The number of azide groups is 1.